The summed E-state index contributed by atoms with van der Waals surface area (Å²) in [5.74, 6) is 1.20. The topological polar surface area (TPSA) is 79.1 Å². The summed E-state index contributed by atoms with van der Waals surface area (Å²) in [5.41, 5.74) is 1.24. The normalized spacial score (nSPS) is 15.3. The van der Waals surface area contributed by atoms with Gasteiger partial charge in [-0.1, -0.05) is 6.92 Å². The fourth-order valence-corrected chi connectivity index (χ4v) is 4.22. The highest BCUT2D eigenvalue weighted by molar-refractivity contribution is 7.80. The summed E-state index contributed by atoms with van der Waals surface area (Å²) < 4.78 is 16.2. The molecule has 1 aliphatic heterocycles. The van der Waals surface area contributed by atoms with Gasteiger partial charge < -0.3 is 29.4 Å². The maximum atomic E-state index is 12.9. The SMILES string of the molecule is CC[C@H](C)NC(=S)N(CCCN1CCOCC1)Cc1cc2cc(OC)c(OC)cc2[nH]c1=O. The molecule has 0 spiro atoms. The molecule has 2 N–H and O–H groups in total. The smallest absolute Gasteiger partial charge is 0.253 e. The highest BCUT2D eigenvalue weighted by Crippen LogP contribution is 2.31. The number of fused-ring (bicyclic) bond motifs is 1. The molecule has 1 atom stereocenters. The fraction of sp³-hybridized carbons (Fsp3) is 0.583. The molecule has 8 nitrogen and oxygen atoms in total. The number of aromatic nitrogens is 1. The molecular formula is C24H36N4O4S. The van der Waals surface area contributed by atoms with Crippen molar-refractivity contribution in [3.8, 4) is 11.5 Å². The second kappa shape index (κ2) is 12.2. The molecule has 0 unspecified atom stereocenters. The van der Waals surface area contributed by atoms with Crippen molar-refractivity contribution >= 4 is 28.2 Å². The number of rotatable bonds is 10. The van der Waals surface area contributed by atoms with E-state index < -0.39 is 0 Å². The molecule has 9 heteroatoms. The van der Waals surface area contributed by atoms with Crippen LogP contribution in [0.2, 0.25) is 0 Å². The summed E-state index contributed by atoms with van der Waals surface area (Å²) in [4.78, 5) is 20.4. The third-order valence-electron chi connectivity index (χ3n) is 6.06. The Labute approximate surface area is 201 Å². The minimum Gasteiger partial charge on any atom is -0.493 e. The Bertz CT molecular complexity index is 990. The summed E-state index contributed by atoms with van der Waals surface area (Å²) >= 11 is 5.73. The summed E-state index contributed by atoms with van der Waals surface area (Å²) in [6.45, 7) is 9.93. The Morgan fingerprint density at radius 1 is 1.24 bits per heavy atom. The van der Waals surface area contributed by atoms with Crippen molar-refractivity contribution < 1.29 is 14.2 Å². The number of methoxy groups -OCH3 is 2. The molecule has 0 saturated carbocycles. The predicted octanol–water partition coefficient (Wildman–Crippen LogP) is 2.74. The minimum atomic E-state index is -0.126. The number of hydrogen-bond acceptors (Lipinski definition) is 6. The number of aromatic amines is 1. The number of benzene rings is 1. The van der Waals surface area contributed by atoms with Crippen LogP contribution >= 0.6 is 12.2 Å². The van der Waals surface area contributed by atoms with Gasteiger partial charge in [-0.3, -0.25) is 9.69 Å². The van der Waals surface area contributed by atoms with E-state index in [0.717, 1.165) is 57.6 Å². The van der Waals surface area contributed by atoms with Crippen LogP contribution in [0.3, 0.4) is 0 Å². The molecule has 3 rings (SSSR count). The van der Waals surface area contributed by atoms with Gasteiger partial charge in [-0.25, -0.2) is 0 Å². The Morgan fingerprint density at radius 3 is 2.61 bits per heavy atom. The highest BCUT2D eigenvalue weighted by Gasteiger charge is 2.17. The number of hydrogen-bond donors (Lipinski definition) is 2. The van der Waals surface area contributed by atoms with Crippen LogP contribution in [0.15, 0.2) is 23.0 Å². The monoisotopic (exact) mass is 476 g/mol. The van der Waals surface area contributed by atoms with Crippen molar-refractivity contribution in [2.75, 3.05) is 53.6 Å². The number of nitrogens with zero attached hydrogens (tertiary/aromatic N) is 2. The van der Waals surface area contributed by atoms with Gasteiger partial charge in [0.25, 0.3) is 5.56 Å². The first kappa shape index (κ1) is 25.3. The average molecular weight is 477 g/mol. The first-order valence-corrected chi connectivity index (χ1v) is 12.0. The molecule has 0 amide bonds. The summed E-state index contributed by atoms with van der Waals surface area (Å²) in [7, 11) is 3.18. The molecule has 33 heavy (non-hydrogen) atoms. The van der Waals surface area contributed by atoms with Crippen LogP contribution in [0.5, 0.6) is 11.5 Å². The predicted molar refractivity (Wildman–Crippen MR) is 135 cm³/mol. The van der Waals surface area contributed by atoms with Crippen LogP contribution in [-0.2, 0) is 11.3 Å². The lowest BCUT2D eigenvalue weighted by Gasteiger charge is -2.30. The Kier molecular flexibility index (Phi) is 9.34. The van der Waals surface area contributed by atoms with E-state index in [1.54, 1.807) is 20.3 Å². The van der Waals surface area contributed by atoms with Crippen molar-refractivity contribution in [3.63, 3.8) is 0 Å². The Morgan fingerprint density at radius 2 is 1.94 bits per heavy atom. The van der Waals surface area contributed by atoms with Crippen molar-refractivity contribution in [3.05, 3.63) is 34.1 Å². The largest absolute Gasteiger partial charge is 0.493 e. The maximum Gasteiger partial charge on any atom is 0.253 e. The molecule has 2 heterocycles. The van der Waals surface area contributed by atoms with E-state index in [1.807, 2.05) is 12.1 Å². The van der Waals surface area contributed by atoms with Crippen LogP contribution < -0.4 is 20.3 Å². The van der Waals surface area contributed by atoms with Gasteiger partial charge in [0.05, 0.1) is 39.5 Å². The van der Waals surface area contributed by atoms with Crippen LogP contribution in [0.4, 0.5) is 0 Å². The molecular weight excluding hydrogens is 440 g/mol. The van der Waals surface area contributed by atoms with Gasteiger partial charge in [0.1, 0.15) is 0 Å². The van der Waals surface area contributed by atoms with E-state index in [4.69, 9.17) is 26.4 Å². The molecule has 0 aliphatic carbocycles. The van der Waals surface area contributed by atoms with Crippen LogP contribution in [0.25, 0.3) is 10.9 Å². The van der Waals surface area contributed by atoms with E-state index >= 15 is 0 Å². The van der Waals surface area contributed by atoms with Gasteiger partial charge >= 0.3 is 0 Å². The van der Waals surface area contributed by atoms with Crippen LogP contribution in [0, 0.1) is 0 Å². The van der Waals surface area contributed by atoms with Crippen molar-refractivity contribution in [2.24, 2.45) is 0 Å². The van der Waals surface area contributed by atoms with Crippen LogP contribution in [0.1, 0.15) is 32.3 Å². The second-order valence-corrected chi connectivity index (χ2v) is 8.79. The summed E-state index contributed by atoms with van der Waals surface area (Å²) in [6.07, 6.45) is 1.93. The van der Waals surface area contributed by atoms with Gasteiger partial charge in [0.15, 0.2) is 16.6 Å². The van der Waals surface area contributed by atoms with E-state index in [0.29, 0.717) is 34.2 Å². The molecule has 0 bridgehead atoms. The van der Waals surface area contributed by atoms with E-state index in [1.165, 1.54) is 0 Å². The van der Waals surface area contributed by atoms with Gasteiger partial charge in [-0.15, -0.1) is 0 Å². The lowest BCUT2D eigenvalue weighted by atomic mass is 10.1. The average Bonchev–Trinajstić information content (AvgIpc) is 2.83. The first-order chi connectivity index (χ1) is 15.9. The number of ether oxygens (including phenoxy) is 3. The number of pyridine rings is 1. The standard InChI is InChI=1S/C24H36N4O4S/c1-5-17(2)25-24(33)28(8-6-7-27-9-11-32-12-10-27)16-19-13-18-14-21(30-3)22(31-4)15-20(18)26-23(19)29/h13-15,17H,5-12,16H2,1-4H3,(H,25,33)(H,26,29)/t17-/m0/s1. The molecule has 182 valence electrons. The number of thiocarbonyl (C=S) groups is 1. The van der Waals surface area contributed by atoms with Crippen molar-refractivity contribution in [1.29, 1.82) is 0 Å². The van der Waals surface area contributed by atoms with Gasteiger partial charge in [-0.2, -0.15) is 0 Å². The first-order valence-electron chi connectivity index (χ1n) is 11.6. The third kappa shape index (κ3) is 6.82. The maximum absolute atomic E-state index is 12.9. The molecule has 1 aliphatic rings. The van der Waals surface area contributed by atoms with E-state index in [-0.39, 0.29) is 11.6 Å². The summed E-state index contributed by atoms with van der Waals surface area (Å²) in [5, 5.41) is 4.97. The fourth-order valence-electron chi connectivity index (χ4n) is 3.87. The van der Waals surface area contributed by atoms with Gasteiger partial charge in [0.2, 0.25) is 0 Å². The number of H-pyrrole nitrogens is 1. The molecule has 2 aromatic rings. The van der Waals surface area contributed by atoms with Crippen molar-refractivity contribution in [2.45, 2.75) is 39.3 Å². The van der Waals surface area contributed by atoms with Crippen LogP contribution in [-0.4, -0.2) is 79.6 Å². The molecule has 0 radical (unpaired) electrons. The minimum absolute atomic E-state index is 0.126. The second-order valence-electron chi connectivity index (χ2n) is 8.41. The van der Waals surface area contributed by atoms with Crippen molar-refractivity contribution in [1.82, 2.24) is 20.1 Å². The van der Waals surface area contributed by atoms with E-state index in [9.17, 15) is 4.79 Å². The lowest BCUT2D eigenvalue weighted by molar-refractivity contribution is 0.0367. The Balaban J connectivity index is 1.79. The molecule has 1 saturated heterocycles. The Hall–Kier alpha value is -2.36. The molecule has 1 aromatic heterocycles. The zero-order valence-electron chi connectivity index (χ0n) is 20.1. The van der Waals surface area contributed by atoms with Gasteiger partial charge in [0, 0.05) is 49.2 Å². The quantitative estimate of drug-likeness (QED) is 0.507. The zero-order valence-corrected chi connectivity index (χ0v) is 20.9. The van der Waals surface area contributed by atoms with Gasteiger partial charge in [-0.05, 0) is 44.1 Å². The lowest BCUT2D eigenvalue weighted by Crippen LogP contribution is -2.45. The molecule has 1 fully saturated rings. The van der Waals surface area contributed by atoms with E-state index in [2.05, 4.69) is 33.9 Å². The third-order valence-corrected chi connectivity index (χ3v) is 6.44. The zero-order chi connectivity index (χ0) is 23.8. The number of morpholine rings is 1. The molecule has 1 aromatic carbocycles. The summed E-state index contributed by atoms with van der Waals surface area (Å²) in [6, 6.07) is 5.85. The highest BCUT2D eigenvalue weighted by atomic mass is 32.1. The number of nitrogens with one attached hydrogen (secondary N) is 2.